The Kier molecular flexibility index (Phi) is 3.88. The fourth-order valence-electron chi connectivity index (χ4n) is 2.15. The van der Waals surface area contributed by atoms with E-state index in [1.165, 1.54) is 5.56 Å². The molecular weight excluding hydrogens is 286 g/mol. The van der Waals surface area contributed by atoms with E-state index in [2.05, 4.69) is 60.1 Å². The van der Waals surface area contributed by atoms with Gasteiger partial charge in [-0.1, -0.05) is 65.3 Å². The Balaban J connectivity index is 2.50. The van der Waals surface area contributed by atoms with Crippen molar-refractivity contribution in [3.63, 3.8) is 0 Å². The van der Waals surface area contributed by atoms with Gasteiger partial charge in [0.15, 0.2) is 0 Å². The molecule has 0 heterocycles. The molecule has 0 aliphatic carbocycles. The van der Waals surface area contributed by atoms with Crippen LogP contribution in [0, 0.1) is 0 Å². The number of hydrogen-bond donors (Lipinski definition) is 1. The van der Waals surface area contributed by atoms with Crippen molar-refractivity contribution in [3.8, 4) is 0 Å². The van der Waals surface area contributed by atoms with Gasteiger partial charge >= 0.3 is 0 Å². The zero-order chi connectivity index (χ0) is 13.2. The highest BCUT2D eigenvalue weighted by atomic mass is 79.9. The van der Waals surface area contributed by atoms with Gasteiger partial charge in [0, 0.05) is 4.47 Å². The second-order valence-corrected chi connectivity index (χ2v) is 5.59. The molecule has 0 aromatic heterocycles. The molecule has 0 bridgehead atoms. The predicted molar refractivity (Wildman–Crippen MR) is 80.6 cm³/mol. The van der Waals surface area contributed by atoms with Gasteiger partial charge in [0.1, 0.15) is 0 Å². The molecular formula is C16H18BrN. The highest BCUT2D eigenvalue weighted by molar-refractivity contribution is 9.10. The van der Waals surface area contributed by atoms with Crippen LogP contribution < -0.4 is 5.73 Å². The Morgan fingerprint density at radius 1 is 1.11 bits per heavy atom. The van der Waals surface area contributed by atoms with E-state index in [0.717, 1.165) is 22.0 Å². The standard InChI is InChI=1S/C16H18BrN/c1-3-12-7-6-8-13(11-12)16(2,18)14-9-4-5-10-15(14)17/h4-11H,3,18H2,1-2H3. The summed E-state index contributed by atoms with van der Waals surface area (Å²) in [6.45, 7) is 4.22. The summed E-state index contributed by atoms with van der Waals surface area (Å²) >= 11 is 3.58. The largest absolute Gasteiger partial charge is 0.318 e. The van der Waals surface area contributed by atoms with Crippen molar-refractivity contribution < 1.29 is 0 Å². The number of hydrogen-bond acceptors (Lipinski definition) is 1. The third-order valence-corrected chi connectivity index (χ3v) is 4.06. The van der Waals surface area contributed by atoms with Crippen molar-refractivity contribution in [2.45, 2.75) is 25.8 Å². The lowest BCUT2D eigenvalue weighted by molar-refractivity contribution is 0.599. The van der Waals surface area contributed by atoms with Crippen molar-refractivity contribution in [3.05, 3.63) is 69.7 Å². The van der Waals surface area contributed by atoms with Crippen LogP contribution in [0.15, 0.2) is 53.0 Å². The van der Waals surface area contributed by atoms with Gasteiger partial charge < -0.3 is 5.73 Å². The second kappa shape index (κ2) is 5.25. The van der Waals surface area contributed by atoms with E-state index in [1.54, 1.807) is 0 Å². The Morgan fingerprint density at radius 2 is 1.83 bits per heavy atom. The van der Waals surface area contributed by atoms with Gasteiger partial charge in [-0.25, -0.2) is 0 Å². The molecule has 0 saturated heterocycles. The van der Waals surface area contributed by atoms with E-state index in [0.29, 0.717) is 0 Å². The summed E-state index contributed by atoms with van der Waals surface area (Å²) in [4.78, 5) is 0. The van der Waals surface area contributed by atoms with Crippen LogP contribution in [0.2, 0.25) is 0 Å². The lowest BCUT2D eigenvalue weighted by Crippen LogP contribution is -2.34. The highest BCUT2D eigenvalue weighted by Gasteiger charge is 2.25. The van der Waals surface area contributed by atoms with Gasteiger partial charge in [-0.2, -0.15) is 0 Å². The molecule has 2 aromatic rings. The molecule has 2 aromatic carbocycles. The Hall–Kier alpha value is -1.12. The zero-order valence-electron chi connectivity index (χ0n) is 10.8. The SMILES string of the molecule is CCc1cccc(C(C)(N)c2ccccc2Br)c1. The predicted octanol–water partition coefficient (Wildman–Crippen LogP) is 4.23. The summed E-state index contributed by atoms with van der Waals surface area (Å²) in [5.41, 5.74) is 9.65. The minimum absolute atomic E-state index is 0.481. The quantitative estimate of drug-likeness (QED) is 0.902. The Bertz CT molecular complexity index is 546. The minimum atomic E-state index is -0.481. The van der Waals surface area contributed by atoms with Crippen LogP contribution in [-0.4, -0.2) is 0 Å². The normalized spacial score (nSPS) is 14.2. The first-order valence-electron chi connectivity index (χ1n) is 6.19. The number of rotatable bonds is 3. The Morgan fingerprint density at radius 3 is 2.50 bits per heavy atom. The van der Waals surface area contributed by atoms with Crippen molar-refractivity contribution >= 4 is 15.9 Å². The molecule has 94 valence electrons. The average Bonchev–Trinajstić information content (AvgIpc) is 2.39. The lowest BCUT2D eigenvalue weighted by atomic mass is 9.85. The summed E-state index contributed by atoms with van der Waals surface area (Å²) in [6, 6.07) is 16.6. The molecule has 0 aliphatic rings. The van der Waals surface area contributed by atoms with Gasteiger partial charge in [-0.3, -0.25) is 0 Å². The van der Waals surface area contributed by atoms with Crippen LogP contribution in [-0.2, 0) is 12.0 Å². The van der Waals surface area contributed by atoms with Gasteiger partial charge in [0.05, 0.1) is 5.54 Å². The summed E-state index contributed by atoms with van der Waals surface area (Å²) in [7, 11) is 0. The first-order valence-corrected chi connectivity index (χ1v) is 6.98. The van der Waals surface area contributed by atoms with E-state index in [4.69, 9.17) is 5.73 Å². The summed E-state index contributed by atoms with van der Waals surface area (Å²) in [6.07, 6.45) is 1.03. The van der Waals surface area contributed by atoms with E-state index >= 15 is 0 Å². The smallest absolute Gasteiger partial charge is 0.0648 e. The fraction of sp³-hybridized carbons (Fsp3) is 0.250. The molecule has 2 N–H and O–H groups in total. The molecule has 0 aliphatic heterocycles. The fourth-order valence-corrected chi connectivity index (χ4v) is 2.85. The highest BCUT2D eigenvalue weighted by Crippen LogP contribution is 2.32. The molecule has 0 spiro atoms. The molecule has 18 heavy (non-hydrogen) atoms. The molecule has 2 heteroatoms. The molecule has 0 saturated carbocycles. The molecule has 1 unspecified atom stereocenters. The van der Waals surface area contributed by atoms with Gasteiger partial charge in [-0.15, -0.1) is 0 Å². The lowest BCUT2D eigenvalue weighted by Gasteiger charge is -2.27. The number of nitrogens with two attached hydrogens (primary N) is 1. The van der Waals surface area contributed by atoms with Crippen LogP contribution in [0.4, 0.5) is 0 Å². The molecule has 1 nitrogen and oxygen atoms in total. The first-order chi connectivity index (χ1) is 8.55. The van der Waals surface area contributed by atoms with Crippen molar-refractivity contribution in [2.24, 2.45) is 5.73 Å². The maximum Gasteiger partial charge on any atom is 0.0648 e. The average molecular weight is 304 g/mol. The van der Waals surface area contributed by atoms with Crippen molar-refractivity contribution in [2.75, 3.05) is 0 Å². The molecule has 0 amide bonds. The van der Waals surface area contributed by atoms with E-state index in [1.807, 2.05) is 18.2 Å². The summed E-state index contributed by atoms with van der Waals surface area (Å²) in [5, 5.41) is 0. The molecule has 2 rings (SSSR count). The third kappa shape index (κ3) is 2.50. The van der Waals surface area contributed by atoms with Crippen LogP contribution >= 0.6 is 15.9 Å². The second-order valence-electron chi connectivity index (χ2n) is 4.74. The molecule has 1 atom stereocenters. The number of halogens is 1. The van der Waals surface area contributed by atoms with E-state index in [-0.39, 0.29) is 0 Å². The minimum Gasteiger partial charge on any atom is -0.318 e. The topological polar surface area (TPSA) is 26.0 Å². The maximum atomic E-state index is 6.55. The number of benzene rings is 2. The summed E-state index contributed by atoms with van der Waals surface area (Å²) < 4.78 is 1.05. The first kappa shape index (κ1) is 13.3. The third-order valence-electron chi connectivity index (χ3n) is 3.37. The van der Waals surface area contributed by atoms with Gasteiger partial charge in [0.2, 0.25) is 0 Å². The molecule has 0 fully saturated rings. The van der Waals surface area contributed by atoms with Crippen molar-refractivity contribution in [1.29, 1.82) is 0 Å². The summed E-state index contributed by atoms with van der Waals surface area (Å²) in [5.74, 6) is 0. The van der Waals surface area contributed by atoms with E-state index < -0.39 is 5.54 Å². The molecule has 0 radical (unpaired) electrons. The Labute approximate surface area is 117 Å². The van der Waals surface area contributed by atoms with E-state index in [9.17, 15) is 0 Å². The van der Waals surface area contributed by atoms with Crippen LogP contribution in [0.5, 0.6) is 0 Å². The van der Waals surface area contributed by atoms with Crippen LogP contribution in [0.1, 0.15) is 30.5 Å². The van der Waals surface area contributed by atoms with Gasteiger partial charge in [0.25, 0.3) is 0 Å². The van der Waals surface area contributed by atoms with Gasteiger partial charge in [-0.05, 0) is 36.1 Å². The monoisotopic (exact) mass is 303 g/mol. The maximum absolute atomic E-state index is 6.55. The van der Waals surface area contributed by atoms with Crippen LogP contribution in [0.25, 0.3) is 0 Å². The zero-order valence-corrected chi connectivity index (χ0v) is 12.4. The van der Waals surface area contributed by atoms with Crippen LogP contribution in [0.3, 0.4) is 0 Å². The number of aryl methyl sites for hydroxylation is 1. The van der Waals surface area contributed by atoms with Crippen molar-refractivity contribution in [1.82, 2.24) is 0 Å².